The zero-order chi connectivity index (χ0) is 16.9. The molecule has 1 amide bonds. The number of hydrogen-bond donors (Lipinski definition) is 1. The normalized spacial score (nSPS) is 13.1. The van der Waals surface area contributed by atoms with Crippen LogP contribution in [0.5, 0.6) is 11.5 Å². The number of methoxy groups -OCH3 is 2. The average Bonchev–Trinajstić information content (AvgIpc) is 2.65. The second kappa shape index (κ2) is 7.62. The fourth-order valence-electron chi connectivity index (χ4n) is 2.79. The Hall–Kier alpha value is -2.14. The van der Waals surface area contributed by atoms with E-state index in [2.05, 4.69) is 23.5 Å². The molecule has 0 radical (unpaired) electrons. The predicted molar refractivity (Wildman–Crippen MR) is 96.2 cm³/mol. The summed E-state index contributed by atoms with van der Waals surface area (Å²) in [5.41, 5.74) is 3.08. The molecule has 0 spiro atoms. The van der Waals surface area contributed by atoms with Gasteiger partial charge in [-0.05, 0) is 54.0 Å². The van der Waals surface area contributed by atoms with Gasteiger partial charge < -0.3 is 14.8 Å². The topological polar surface area (TPSA) is 47.6 Å². The largest absolute Gasteiger partial charge is 0.493 e. The molecule has 0 aromatic heterocycles. The van der Waals surface area contributed by atoms with Crippen molar-refractivity contribution >= 4 is 17.7 Å². The Morgan fingerprint density at radius 1 is 1.12 bits per heavy atom. The van der Waals surface area contributed by atoms with E-state index in [0.29, 0.717) is 23.6 Å². The molecule has 0 saturated carbocycles. The Labute approximate surface area is 146 Å². The summed E-state index contributed by atoms with van der Waals surface area (Å²) in [5.74, 6) is 2.24. The van der Waals surface area contributed by atoms with Gasteiger partial charge in [0.1, 0.15) is 0 Å². The van der Waals surface area contributed by atoms with Crippen molar-refractivity contribution in [3.8, 4) is 11.5 Å². The molecule has 5 heteroatoms. The first kappa shape index (κ1) is 16.7. The molecule has 1 heterocycles. The summed E-state index contributed by atoms with van der Waals surface area (Å²) >= 11 is 1.91. The van der Waals surface area contributed by atoms with Crippen molar-refractivity contribution in [3.63, 3.8) is 0 Å². The number of nitrogens with one attached hydrogen (secondary N) is 1. The van der Waals surface area contributed by atoms with Crippen molar-refractivity contribution < 1.29 is 14.3 Å². The summed E-state index contributed by atoms with van der Waals surface area (Å²) < 4.78 is 10.4. The van der Waals surface area contributed by atoms with Crippen LogP contribution in [0.25, 0.3) is 0 Å². The standard InChI is InChI=1S/C19H21NO3S/c1-22-16-7-6-15(11-17(16)23-2)19(21)20-12-13-5-8-18-14(10-13)4-3-9-24-18/h5-8,10-11H,3-4,9,12H2,1-2H3,(H,20,21). The van der Waals surface area contributed by atoms with Gasteiger partial charge in [-0.25, -0.2) is 0 Å². The summed E-state index contributed by atoms with van der Waals surface area (Å²) in [5, 5.41) is 2.97. The Balaban J connectivity index is 1.67. The SMILES string of the molecule is COc1ccc(C(=O)NCc2ccc3c(c2)CCCS3)cc1OC. The molecule has 2 aromatic carbocycles. The number of benzene rings is 2. The summed E-state index contributed by atoms with van der Waals surface area (Å²) in [4.78, 5) is 13.7. The van der Waals surface area contributed by atoms with Gasteiger partial charge in [-0.1, -0.05) is 12.1 Å². The van der Waals surface area contributed by atoms with Gasteiger partial charge in [0, 0.05) is 17.0 Å². The van der Waals surface area contributed by atoms with Crippen molar-refractivity contribution in [2.24, 2.45) is 0 Å². The molecular formula is C19H21NO3S. The first-order chi connectivity index (χ1) is 11.7. The van der Waals surface area contributed by atoms with Crippen LogP contribution in [0.15, 0.2) is 41.3 Å². The number of carbonyl (C=O) groups is 1. The highest BCUT2D eigenvalue weighted by atomic mass is 32.2. The molecule has 0 atom stereocenters. The Morgan fingerprint density at radius 2 is 1.96 bits per heavy atom. The quantitative estimate of drug-likeness (QED) is 0.900. The second-order valence-corrected chi connectivity index (χ2v) is 6.78. The maximum Gasteiger partial charge on any atom is 0.251 e. The first-order valence-corrected chi connectivity index (χ1v) is 8.94. The van der Waals surface area contributed by atoms with Gasteiger partial charge in [0.2, 0.25) is 0 Å². The van der Waals surface area contributed by atoms with Crippen LogP contribution >= 0.6 is 11.8 Å². The minimum Gasteiger partial charge on any atom is -0.493 e. The summed E-state index contributed by atoms with van der Waals surface area (Å²) in [6.45, 7) is 0.519. The van der Waals surface area contributed by atoms with Crippen LogP contribution in [0.2, 0.25) is 0 Å². The molecule has 0 aliphatic carbocycles. The molecule has 1 aliphatic rings. The van der Waals surface area contributed by atoms with Gasteiger partial charge in [0.15, 0.2) is 11.5 Å². The summed E-state index contributed by atoms with van der Waals surface area (Å²) in [7, 11) is 3.14. The molecular weight excluding hydrogens is 322 g/mol. The molecule has 0 bridgehead atoms. The Kier molecular flexibility index (Phi) is 5.30. The van der Waals surface area contributed by atoms with Crippen LogP contribution in [0.1, 0.15) is 27.9 Å². The second-order valence-electron chi connectivity index (χ2n) is 5.65. The highest BCUT2D eigenvalue weighted by Crippen LogP contribution is 2.30. The van der Waals surface area contributed by atoms with Crippen molar-refractivity contribution in [1.29, 1.82) is 0 Å². The monoisotopic (exact) mass is 343 g/mol. The number of fused-ring (bicyclic) bond motifs is 1. The summed E-state index contributed by atoms with van der Waals surface area (Å²) in [6.07, 6.45) is 2.35. The maximum absolute atomic E-state index is 12.4. The average molecular weight is 343 g/mol. The first-order valence-electron chi connectivity index (χ1n) is 7.96. The molecule has 1 aliphatic heterocycles. The number of ether oxygens (including phenoxy) is 2. The van der Waals surface area contributed by atoms with E-state index in [1.54, 1.807) is 32.4 Å². The molecule has 4 nitrogen and oxygen atoms in total. The lowest BCUT2D eigenvalue weighted by Crippen LogP contribution is -2.23. The van der Waals surface area contributed by atoms with Crippen LogP contribution in [0, 0.1) is 0 Å². The van der Waals surface area contributed by atoms with Gasteiger partial charge in [0.05, 0.1) is 14.2 Å². The van der Waals surface area contributed by atoms with E-state index in [1.165, 1.54) is 22.6 Å². The molecule has 126 valence electrons. The zero-order valence-corrected chi connectivity index (χ0v) is 14.7. The molecule has 24 heavy (non-hydrogen) atoms. The molecule has 3 rings (SSSR count). The Bertz CT molecular complexity index is 745. The number of hydrogen-bond acceptors (Lipinski definition) is 4. The lowest BCUT2D eigenvalue weighted by molar-refractivity contribution is 0.0950. The van der Waals surface area contributed by atoms with Crippen LogP contribution in [0.3, 0.4) is 0 Å². The smallest absolute Gasteiger partial charge is 0.251 e. The van der Waals surface area contributed by atoms with Gasteiger partial charge in [-0.15, -0.1) is 11.8 Å². The zero-order valence-electron chi connectivity index (χ0n) is 13.9. The number of carbonyl (C=O) groups excluding carboxylic acids is 1. The number of aryl methyl sites for hydroxylation is 1. The third-order valence-corrected chi connectivity index (χ3v) is 5.27. The van der Waals surface area contributed by atoms with Crippen molar-refractivity contribution in [3.05, 3.63) is 53.1 Å². The van der Waals surface area contributed by atoms with E-state index in [1.807, 2.05) is 11.8 Å². The molecule has 0 fully saturated rings. The number of amides is 1. The predicted octanol–water partition coefficient (Wildman–Crippen LogP) is 3.67. The summed E-state index contributed by atoms with van der Waals surface area (Å²) in [6, 6.07) is 11.6. The lowest BCUT2D eigenvalue weighted by Gasteiger charge is -2.16. The maximum atomic E-state index is 12.4. The van der Waals surface area contributed by atoms with Crippen LogP contribution < -0.4 is 14.8 Å². The van der Waals surface area contributed by atoms with Crippen LogP contribution in [0.4, 0.5) is 0 Å². The van der Waals surface area contributed by atoms with Crippen molar-refractivity contribution in [2.45, 2.75) is 24.3 Å². The van der Waals surface area contributed by atoms with E-state index >= 15 is 0 Å². The van der Waals surface area contributed by atoms with Gasteiger partial charge in [-0.2, -0.15) is 0 Å². The van der Waals surface area contributed by atoms with E-state index in [4.69, 9.17) is 9.47 Å². The number of thioether (sulfide) groups is 1. The molecule has 0 unspecified atom stereocenters. The van der Waals surface area contributed by atoms with Gasteiger partial charge >= 0.3 is 0 Å². The molecule has 2 aromatic rings. The van der Waals surface area contributed by atoms with Crippen molar-refractivity contribution in [2.75, 3.05) is 20.0 Å². The fraction of sp³-hybridized carbons (Fsp3) is 0.316. The van der Waals surface area contributed by atoms with E-state index in [9.17, 15) is 4.79 Å². The van der Waals surface area contributed by atoms with Crippen molar-refractivity contribution in [1.82, 2.24) is 5.32 Å². The fourth-order valence-corrected chi connectivity index (χ4v) is 3.80. The van der Waals surface area contributed by atoms with E-state index < -0.39 is 0 Å². The number of rotatable bonds is 5. The lowest BCUT2D eigenvalue weighted by atomic mass is 10.1. The highest BCUT2D eigenvalue weighted by Gasteiger charge is 2.12. The molecule has 0 saturated heterocycles. The van der Waals surface area contributed by atoms with Crippen LogP contribution in [-0.4, -0.2) is 25.9 Å². The molecule has 1 N–H and O–H groups in total. The third kappa shape index (κ3) is 3.67. The highest BCUT2D eigenvalue weighted by molar-refractivity contribution is 7.99. The minimum absolute atomic E-state index is 0.122. The van der Waals surface area contributed by atoms with Gasteiger partial charge in [-0.3, -0.25) is 4.79 Å². The van der Waals surface area contributed by atoms with Gasteiger partial charge in [0.25, 0.3) is 5.91 Å². The van der Waals surface area contributed by atoms with E-state index in [0.717, 1.165) is 12.0 Å². The minimum atomic E-state index is -0.122. The Morgan fingerprint density at radius 3 is 2.75 bits per heavy atom. The van der Waals surface area contributed by atoms with Crippen LogP contribution in [-0.2, 0) is 13.0 Å². The third-order valence-electron chi connectivity index (χ3n) is 4.07. The van der Waals surface area contributed by atoms with E-state index in [-0.39, 0.29) is 5.91 Å².